The van der Waals surface area contributed by atoms with Crippen LogP contribution in [0.3, 0.4) is 0 Å². The van der Waals surface area contributed by atoms with E-state index < -0.39 is 0 Å². The molecule has 0 saturated carbocycles. The van der Waals surface area contributed by atoms with Crippen LogP contribution in [0, 0.1) is 35.5 Å². The molecule has 12 rings (SSSR count). The molecule has 0 aliphatic heterocycles. The number of ether oxygens (including phenoxy) is 6. The molecule has 13 heteroatoms. The van der Waals surface area contributed by atoms with Crippen LogP contribution in [-0.2, 0) is 0 Å². The number of aromatic nitrogens is 6. The summed E-state index contributed by atoms with van der Waals surface area (Å²) in [5, 5.41) is 0. The summed E-state index contributed by atoms with van der Waals surface area (Å²) in [6.45, 7) is 0. The van der Waals surface area contributed by atoms with Crippen molar-refractivity contribution < 1.29 is 28.4 Å². The first kappa shape index (κ1) is 68.9. The highest BCUT2D eigenvalue weighted by Crippen LogP contribution is 2.35. The zero-order valence-corrected chi connectivity index (χ0v) is 57.5. The molecule has 3 aromatic heterocycles. The van der Waals surface area contributed by atoms with Crippen LogP contribution in [0.5, 0.6) is 34.5 Å². The second-order valence-corrected chi connectivity index (χ2v) is 23.0. The van der Waals surface area contributed by atoms with Crippen molar-refractivity contribution in [2.75, 3.05) is 47.6 Å². The summed E-state index contributed by atoms with van der Waals surface area (Å²) in [7, 11) is 9.92. The maximum atomic E-state index is 5.38. The van der Waals surface area contributed by atoms with Gasteiger partial charge in [-0.1, -0.05) is 127 Å². The van der Waals surface area contributed by atoms with Crippen molar-refractivity contribution in [2.24, 2.45) is 0 Å². The highest BCUT2D eigenvalue weighted by atomic mass is 16.5. The van der Waals surface area contributed by atoms with Crippen molar-refractivity contribution in [3.8, 4) is 70.0 Å². The van der Waals surface area contributed by atoms with Gasteiger partial charge in [0.15, 0.2) is 0 Å². The predicted molar refractivity (Wildman–Crippen MR) is 417 cm³/mol. The number of methoxy groups -OCH3 is 6. The first-order valence-electron chi connectivity index (χ1n) is 32.9. The highest BCUT2D eigenvalue weighted by Gasteiger charge is 2.14. The quantitative estimate of drug-likeness (QED) is 0.0632. The smallest absolute Gasteiger partial charge is 0.206 e. The highest BCUT2D eigenvalue weighted by molar-refractivity contribution is 5.79. The van der Waals surface area contributed by atoms with Crippen LogP contribution in [0.2, 0.25) is 0 Å². The van der Waals surface area contributed by atoms with Crippen molar-refractivity contribution in [2.45, 2.75) is 0 Å². The molecule has 0 atom stereocenters. The minimum absolute atomic E-state index is 0.369. The molecular formula is C90H69N7O6. The van der Waals surface area contributed by atoms with Gasteiger partial charge >= 0.3 is 0 Å². The Morgan fingerprint density at radius 3 is 0.553 bits per heavy atom. The molecule has 9 aromatic carbocycles. The van der Waals surface area contributed by atoms with Gasteiger partial charge in [-0.05, 0) is 251 Å². The Kier molecular flexibility index (Phi) is 23.0. The third kappa shape index (κ3) is 19.8. The van der Waals surface area contributed by atoms with Crippen LogP contribution in [-0.4, -0.2) is 72.6 Å². The summed E-state index contributed by atoms with van der Waals surface area (Å²) in [6.07, 6.45) is 23.7. The molecule has 500 valence electrons. The van der Waals surface area contributed by atoms with Crippen molar-refractivity contribution in [1.29, 1.82) is 0 Å². The second-order valence-electron chi connectivity index (χ2n) is 23.0. The molecule has 103 heavy (non-hydrogen) atoms. The van der Waals surface area contributed by atoms with Gasteiger partial charge in [0.25, 0.3) is 0 Å². The van der Waals surface area contributed by atoms with Gasteiger partial charge < -0.3 is 33.3 Å². The molecule has 3 heterocycles. The van der Waals surface area contributed by atoms with E-state index in [1.165, 1.54) is 0 Å². The Bertz CT molecular complexity index is 4530. The molecule has 0 N–H and O–H groups in total. The summed E-state index contributed by atoms with van der Waals surface area (Å²) in [5.74, 6) is 25.6. The average Bonchev–Trinajstić information content (AvgIpc) is 0.804. The first-order valence-corrected chi connectivity index (χ1v) is 32.9. The minimum Gasteiger partial charge on any atom is -0.497 e. The summed E-state index contributed by atoms with van der Waals surface area (Å²) in [6, 6.07) is 77.0. The van der Waals surface area contributed by atoms with E-state index in [1.807, 2.05) is 310 Å². The van der Waals surface area contributed by atoms with Gasteiger partial charge in [-0.3, -0.25) is 0 Å². The summed E-state index contributed by atoms with van der Waals surface area (Å²) in [4.78, 5) is 31.4. The maximum Gasteiger partial charge on any atom is 0.206 e. The Morgan fingerprint density at radius 1 is 0.214 bits per heavy atom. The maximum absolute atomic E-state index is 5.38. The van der Waals surface area contributed by atoms with E-state index in [0.29, 0.717) is 51.6 Å². The molecule has 0 radical (unpaired) electrons. The van der Waals surface area contributed by atoms with Gasteiger partial charge in [0.2, 0.25) is 17.5 Å². The number of hydrogen-bond acceptors (Lipinski definition) is 13. The molecule has 12 aromatic rings. The van der Waals surface area contributed by atoms with Gasteiger partial charge in [-0.2, -0.15) is 0 Å². The molecule has 0 spiro atoms. The largest absolute Gasteiger partial charge is 0.497 e. The number of hydrogen-bond donors (Lipinski definition) is 0. The third-order valence-electron chi connectivity index (χ3n) is 16.0. The first-order chi connectivity index (χ1) is 50.6. The topological polar surface area (TPSA) is 136 Å². The standard InChI is InChI=1S/C90H69N7O6/c1-98-82-46-19-64(20-47-82)7-34-73-61-74(35-8-65-21-48-83(99-2)49-22-65)92-88(91-73)58-31-70-13-40-79(41-14-70)97(80-42-15-71(16-43-80)32-59-89-93-75(36-9-66-23-50-84(100-3)51-24-66)62-76(94-89)37-10-67-25-52-85(101-4)53-26-67)81-44-17-72(18-45-81)33-60-90-95-77(38-11-68-27-54-86(102-5)55-28-68)63-78(96-90)39-12-69-29-56-87(103-6)57-30-69/h7-30,34-57,61-63H,1-6H3/b34-7+,35-8+,36-9+,37-10+,38-11+,39-12+. The zero-order valence-electron chi connectivity index (χ0n) is 57.5. The lowest BCUT2D eigenvalue weighted by Crippen LogP contribution is -2.10. The lowest BCUT2D eigenvalue weighted by molar-refractivity contribution is 0.414. The van der Waals surface area contributed by atoms with E-state index in [4.69, 9.17) is 58.3 Å². The third-order valence-corrected chi connectivity index (χ3v) is 16.0. The van der Waals surface area contributed by atoms with Crippen molar-refractivity contribution in [3.63, 3.8) is 0 Å². The van der Waals surface area contributed by atoms with Gasteiger partial charge in [-0.15, -0.1) is 0 Å². The molecule has 0 aliphatic rings. The van der Waals surface area contributed by atoms with Crippen LogP contribution in [0.4, 0.5) is 17.1 Å². The van der Waals surface area contributed by atoms with Crippen LogP contribution in [0.1, 0.15) is 102 Å². The van der Waals surface area contributed by atoms with Crippen LogP contribution in [0.15, 0.2) is 237 Å². The van der Waals surface area contributed by atoms with Crippen LogP contribution in [0.25, 0.3) is 72.9 Å². The molecule has 0 bridgehead atoms. The molecule has 0 fully saturated rings. The molecule has 0 unspecified atom stereocenters. The Balaban J connectivity index is 0.862. The molecule has 0 saturated heterocycles. The Morgan fingerprint density at radius 2 is 0.388 bits per heavy atom. The number of nitrogens with zero attached hydrogens (tertiary/aromatic N) is 7. The average molecular weight is 1340 g/mol. The van der Waals surface area contributed by atoms with Crippen molar-refractivity contribution >= 4 is 90.0 Å². The van der Waals surface area contributed by atoms with E-state index in [0.717, 1.165) is 102 Å². The van der Waals surface area contributed by atoms with Gasteiger partial charge in [-0.25, -0.2) is 29.9 Å². The SMILES string of the molecule is COc1ccc(/C=C/c2cc(/C=C/c3ccc(OC)cc3)nc(C#Cc3ccc(N(c4ccc(C#Cc5nc(/C=C/c6ccc(OC)cc6)cc(/C=C/c6ccc(OC)cc6)n5)cc4)c4ccc(C#Cc5nc(/C=C/c6ccc(OC)cc6)cc(/C=C/c6ccc(OC)cc6)n5)cc4)cc3)n2)cc1. The van der Waals surface area contributed by atoms with Gasteiger partial charge in [0, 0.05) is 33.8 Å². The fraction of sp³-hybridized carbons (Fsp3) is 0.0667. The lowest BCUT2D eigenvalue weighted by Gasteiger charge is -2.25. The zero-order chi connectivity index (χ0) is 71.0. The van der Waals surface area contributed by atoms with Gasteiger partial charge in [0.1, 0.15) is 34.5 Å². The fourth-order valence-electron chi connectivity index (χ4n) is 10.4. The second kappa shape index (κ2) is 34.4. The molecule has 0 amide bonds. The number of anilines is 3. The predicted octanol–water partition coefficient (Wildman–Crippen LogP) is 18.8. The van der Waals surface area contributed by atoms with E-state index in [1.54, 1.807) is 42.7 Å². The molecular weight excluding hydrogens is 1280 g/mol. The van der Waals surface area contributed by atoms with Crippen LogP contribution < -0.4 is 33.3 Å². The lowest BCUT2D eigenvalue weighted by atomic mass is 10.1. The van der Waals surface area contributed by atoms with Crippen LogP contribution >= 0.6 is 0 Å². The summed E-state index contributed by atoms with van der Waals surface area (Å²) in [5.41, 5.74) is 15.1. The summed E-state index contributed by atoms with van der Waals surface area (Å²) >= 11 is 0. The number of benzene rings is 9. The molecule has 13 nitrogen and oxygen atoms in total. The Labute approximate surface area is 600 Å². The minimum atomic E-state index is 0.369. The van der Waals surface area contributed by atoms with E-state index in [9.17, 15) is 0 Å². The fourth-order valence-corrected chi connectivity index (χ4v) is 10.4. The van der Waals surface area contributed by atoms with Crippen molar-refractivity contribution in [3.05, 3.63) is 338 Å². The summed E-state index contributed by atoms with van der Waals surface area (Å²) < 4.78 is 32.3. The Hall–Kier alpha value is -14.1. The molecule has 0 aliphatic carbocycles. The van der Waals surface area contributed by atoms with E-state index >= 15 is 0 Å². The number of rotatable bonds is 21. The van der Waals surface area contributed by atoms with E-state index in [-0.39, 0.29) is 0 Å². The van der Waals surface area contributed by atoms with Crippen molar-refractivity contribution in [1.82, 2.24) is 29.9 Å². The van der Waals surface area contributed by atoms with E-state index in [2.05, 4.69) is 40.4 Å². The van der Waals surface area contributed by atoms with Gasteiger partial charge in [0.05, 0.1) is 76.8 Å². The normalized spacial score (nSPS) is 11.1. The monoisotopic (exact) mass is 1340 g/mol.